The van der Waals surface area contributed by atoms with Gasteiger partial charge in [0.05, 0.1) is 5.41 Å². The van der Waals surface area contributed by atoms with E-state index in [4.69, 9.17) is 23.2 Å². The molecule has 0 radical (unpaired) electrons. The summed E-state index contributed by atoms with van der Waals surface area (Å²) in [6.07, 6.45) is 3.71. The van der Waals surface area contributed by atoms with Gasteiger partial charge in [-0.1, -0.05) is 0 Å². The van der Waals surface area contributed by atoms with Crippen molar-refractivity contribution in [2.45, 2.75) is 36.6 Å². The number of rotatable bonds is 3. The Labute approximate surface area is 139 Å². The van der Waals surface area contributed by atoms with Crippen molar-refractivity contribution in [3.8, 4) is 0 Å². The van der Waals surface area contributed by atoms with Crippen molar-refractivity contribution in [3.63, 3.8) is 0 Å². The lowest BCUT2D eigenvalue weighted by Gasteiger charge is -2.34. The second-order valence-corrected chi connectivity index (χ2v) is 7.82. The fourth-order valence-corrected chi connectivity index (χ4v) is 3.64. The van der Waals surface area contributed by atoms with Crippen molar-refractivity contribution in [2.24, 2.45) is 5.41 Å². The Bertz CT molecular complexity index is 580. The van der Waals surface area contributed by atoms with E-state index in [0.29, 0.717) is 25.2 Å². The SMILES string of the molecule is CC1(C(=O)N2CCC(NC(=O)c3ccc[nH]3)CC2)CC1(Cl)Cl. The molecule has 2 heterocycles. The molecule has 0 bridgehead atoms. The number of aromatic nitrogens is 1. The van der Waals surface area contributed by atoms with E-state index in [1.54, 1.807) is 18.3 Å². The maximum atomic E-state index is 12.5. The first-order valence-electron chi connectivity index (χ1n) is 7.45. The van der Waals surface area contributed by atoms with Crippen molar-refractivity contribution >= 4 is 35.0 Å². The predicted octanol–water partition coefficient (Wildman–Crippen LogP) is 2.32. The van der Waals surface area contributed by atoms with Gasteiger partial charge in [0.25, 0.3) is 5.91 Å². The number of alkyl halides is 2. The quantitative estimate of drug-likeness (QED) is 0.827. The molecule has 3 rings (SSSR count). The number of carbonyl (C=O) groups excluding carboxylic acids is 2. The first-order chi connectivity index (χ1) is 10.3. The van der Waals surface area contributed by atoms with Crippen molar-refractivity contribution in [3.05, 3.63) is 24.0 Å². The molecule has 2 N–H and O–H groups in total. The van der Waals surface area contributed by atoms with Crippen LogP contribution in [0, 0.1) is 5.41 Å². The second kappa shape index (κ2) is 5.46. The molecule has 7 heteroatoms. The van der Waals surface area contributed by atoms with Gasteiger partial charge in [-0.05, 0) is 38.3 Å². The maximum Gasteiger partial charge on any atom is 0.267 e. The number of amides is 2. The number of hydrogen-bond donors (Lipinski definition) is 2. The van der Waals surface area contributed by atoms with Crippen molar-refractivity contribution < 1.29 is 9.59 Å². The Balaban J connectivity index is 1.51. The Morgan fingerprint density at radius 1 is 1.36 bits per heavy atom. The van der Waals surface area contributed by atoms with Crippen LogP contribution in [0.15, 0.2) is 18.3 Å². The van der Waals surface area contributed by atoms with Crippen LogP contribution in [0.3, 0.4) is 0 Å². The monoisotopic (exact) mass is 343 g/mol. The van der Waals surface area contributed by atoms with Gasteiger partial charge in [-0.2, -0.15) is 0 Å². The summed E-state index contributed by atoms with van der Waals surface area (Å²) < 4.78 is -0.928. The maximum absolute atomic E-state index is 12.5. The summed E-state index contributed by atoms with van der Waals surface area (Å²) in [5, 5.41) is 2.99. The zero-order valence-corrected chi connectivity index (χ0v) is 13.9. The molecule has 1 aromatic rings. The lowest BCUT2D eigenvalue weighted by atomic mass is 10.0. The van der Waals surface area contributed by atoms with Gasteiger partial charge in [0.2, 0.25) is 5.91 Å². The minimum absolute atomic E-state index is 0.0200. The fraction of sp³-hybridized carbons (Fsp3) is 0.600. The normalized spacial score (nSPS) is 27.5. The van der Waals surface area contributed by atoms with Gasteiger partial charge in [-0.25, -0.2) is 0 Å². The standard InChI is InChI=1S/C15H19Cl2N3O2/c1-14(9-15(14,16)17)13(22)20-7-4-10(5-8-20)19-12(21)11-3-2-6-18-11/h2-3,6,10,18H,4-5,7-9H2,1H3,(H,19,21). The molecule has 1 aliphatic carbocycles. The van der Waals surface area contributed by atoms with E-state index >= 15 is 0 Å². The predicted molar refractivity (Wildman–Crippen MR) is 85.0 cm³/mol. The largest absolute Gasteiger partial charge is 0.357 e. The molecular formula is C15H19Cl2N3O2. The number of H-pyrrole nitrogens is 1. The van der Waals surface area contributed by atoms with Gasteiger partial charge in [-0.15, -0.1) is 23.2 Å². The van der Waals surface area contributed by atoms with Gasteiger partial charge >= 0.3 is 0 Å². The summed E-state index contributed by atoms with van der Waals surface area (Å²) in [4.78, 5) is 29.2. The number of aromatic amines is 1. The number of nitrogens with one attached hydrogen (secondary N) is 2. The summed E-state index contributed by atoms with van der Waals surface area (Å²) in [6.45, 7) is 3.05. The highest BCUT2D eigenvalue weighted by Crippen LogP contribution is 2.64. The summed E-state index contributed by atoms with van der Waals surface area (Å²) in [5.74, 6) is -0.0869. The van der Waals surface area contributed by atoms with Crippen LogP contribution in [-0.4, -0.2) is 45.2 Å². The number of halogens is 2. The summed E-state index contributed by atoms with van der Waals surface area (Å²) in [5.41, 5.74) is -0.103. The number of piperidine rings is 1. The van der Waals surface area contributed by atoms with Crippen LogP contribution in [0.25, 0.3) is 0 Å². The molecule has 120 valence electrons. The highest BCUT2D eigenvalue weighted by molar-refractivity contribution is 6.53. The lowest BCUT2D eigenvalue weighted by molar-refractivity contribution is -0.137. The van der Waals surface area contributed by atoms with E-state index in [-0.39, 0.29) is 17.9 Å². The van der Waals surface area contributed by atoms with Crippen molar-refractivity contribution in [1.29, 1.82) is 0 Å². The first kappa shape index (κ1) is 15.7. The molecule has 1 saturated carbocycles. The Kier molecular flexibility index (Phi) is 3.89. The van der Waals surface area contributed by atoms with E-state index in [1.165, 1.54) is 0 Å². The van der Waals surface area contributed by atoms with Crippen LogP contribution in [0.2, 0.25) is 0 Å². The minimum atomic E-state index is -0.928. The van der Waals surface area contributed by atoms with E-state index < -0.39 is 9.75 Å². The zero-order chi connectivity index (χ0) is 16.0. The molecule has 0 aromatic carbocycles. The van der Waals surface area contributed by atoms with Crippen LogP contribution in [0.5, 0.6) is 0 Å². The first-order valence-corrected chi connectivity index (χ1v) is 8.20. The summed E-state index contributed by atoms with van der Waals surface area (Å²) in [6, 6.07) is 3.61. The summed E-state index contributed by atoms with van der Waals surface area (Å²) in [7, 11) is 0. The van der Waals surface area contributed by atoms with E-state index in [1.807, 2.05) is 11.8 Å². The number of carbonyl (C=O) groups is 2. The molecule has 1 aliphatic heterocycles. The topological polar surface area (TPSA) is 65.2 Å². The van der Waals surface area contributed by atoms with Gasteiger partial charge in [0.15, 0.2) is 0 Å². The third kappa shape index (κ3) is 2.72. The molecule has 1 atom stereocenters. The number of hydrogen-bond acceptors (Lipinski definition) is 2. The fourth-order valence-electron chi connectivity index (χ4n) is 2.94. The number of likely N-dealkylation sites (tertiary alicyclic amines) is 1. The average molecular weight is 344 g/mol. The molecule has 1 aromatic heterocycles. The van der Waals surface area contributed by atoms with E-state index in [9.17, 15) is 9.59 Å². The van der Waals surface area contributed by atoms with E-state index in [0.717, 1.165) is 12.8 Å². The minimum Gasteiger partial charge on any atom is -0.357 e. The molecule has 5 nitrogen and oxygen atoms in total. The smallest absolute Gasteiger partial charge is 0.267 e. The van der Waals surface area contributed by atoms with Crippen molar-refractivity contribution in [1.82, 2.24) is 15.2 Å². The van der Waals surface area contributed by atoms with Gasteiger partial charge in [0.1, 0.15) is 10.0 Å². The third-order valence-electron chi connectivity index (χ3n) is 4.69. The molecular weight excluding hydrogens is 325 g/mol. The summed E-state index contributed by atoms with van der Waals surface area (Å²) >= 11 is 12.1. The van der Waals surface area contributed by atoms with Crippen LogP contribution in [0.4, 0.5) is 0 Å². The Morgan fingerprint density at radius 3 is 2.50 bits per heavy atom. The lowest BCUT2D eigenvalue weighted by Crippen LogP contribution is -2.48. The highest BCUT2D eigenvalue weighted by Gasteiger charge is 2.68. The van der Waals surface area contributed by atoms with Gasteiger partial charge < -0.3 is 15.2 Å². The average Bonchev–Trinajstić information content (AvgIpc) is 2.88. The second-order valence-electron chi connectivity index (χ2n) is 6.34. The van der Waals surface area contributed by atoms with Crippen LogP contribution in [-0.2, 0) is 4.79 Å². The van der Waals surface area contributed by atoms with Crippen LogP contribution >= 0.6 is 23.2 Å². The molecule has 1 saturated heterocycles. The molecule has 2 aliphatic rings. The van der Waals surface area contributed by atoms with Crippen molar-refractivity contribution in [2.75, 3.05) is 13.1 Å². The molecule has 0 spiro atoms. The van der Waals surface area contributed by atoms with Crippen LogP contribution in [0.1, 0.15) is 36.7 Å². The highest BCUT2D eigenvalue weighted by atomic mass is 35.5. The molecule has 2 amide bonds. The Hall–Kier alpha value is -1.20. The molecule has 22 heavy (non-hydrogen) atoms. The third-order valence-corrected chi connectivity index (χ3v) is 5.79. The number of nitrogens with zero attached hydrogens (tertiary/aromatic N) is 1. The van der Waals surface area contributed by atoms with Gasteiger partial charge in [-0.3, -0.25) is 9.59 Å². The van der Waals surface area contributed by atoms with Crippen LogP contribution < -0.4 is 5.32 Å². The Morgan fingerprint density at radius 2 is 2.00 bits per heavy atom. The van der Waals surface area contributed by atoms with Gasteiger partial charge in [0, 0.05) is 25.3 Å². The molecule has 1 unspecified atom stereocenters. The zero-order valence-electron chi connectivity index (χ0n) is 12.4. The molecule has 2 fully saturated rings. The van der Waals surface area contributed by atoms with E-state index in [2.05, 4.69) is 10.3 Å².